The second kappa shape index (κ2) is 9.68. The van der Waals surface area contributed by atoms with E-state index in [9.17, 15) is 19.8 Å². The number of hydrogen-bond acceptors (Lipinski definition) is 5. The van der Waals surface area contributed by atoms with Crippen LogP contribution in [0.2, 0.25) is 0 Å². The van der Waals surface area contributed by atoms with Crippen LogP contribution < -0.4 is 10.1 Å². The number of aliphatic hydroxyl groups is 2. The highest BCUT2D eigenvalue weighted by Crippen LogP contribution is 2.47. The summed E-state index contributed by atoms with van der Waals surface area (Å²) in [5, 5.41) is 24.7. The maximum atomic E-state index is 13.5. The largest absolute Gasteiger partial charge is 0.486 e. The summed E-state index contributed by atoms with van der Waals surface area (Å²) in [6.07, 6.45) is 2.32. The lowest BCUT2D eigenvalue weighted by molar-refractivity contribution is -0.138. The fraction of sp³-hybridized carbons (Fsp3) is 0.379. The van der Waals surface area contributed by atoms with E-state index in [0.29, 0.717) is 24.3 Å². The summed E-state index contributed by atoms with van der Waals surface area (Å²) in [4.78, 5) is 31.9. The van der Waals surface area contributed by atoms with Gasteiger partial charge < -0.3 is 30.2 Å². The molecule has 6 rings (SSSR count). The predicted octanol–water partition coefficient (Wildman–Crippen LogP) is 2.27. The number of benzene rings is 2. The number of nitrogens with zero attached hydrogens (tertiary/aromatic N) is 1. The van der Waals surface area contributed by atoms with Crippen molar-refractivity contribution in [2.45, 2.75) is 43.4 Å². The fourth-order valence-corrected chi connectivity index (χ4v) is 5.67. The Morgan fingerprint density at radius 3 is 2.68 bits per heavy atom. The number of amides is 2. The number of rotatable bonds is 8. The van der Waals surface area contributed by atoms with E-state index >= 15 is 0 Å². The first-order valence-electron chi connectivity index (χ1n) is 13.0. The molecule has 3 aromatic rings. The van der Waals surface area contributed by atoms with Gasteiger partial charge in [0, 0.05) is 47.8 Å². The van der Waals surface area contributed by atoms with Gasteiger partial charge in [-0.05, 0) is 42.5 Å². The molecule has 0 bridgehead atoms. The molecule has 0 saturated heterocycles. The molecule has 8 heteroatoms. The molecule has 2 amide bonds. The summed E-state index contributed by atoms with van der Waals surface area (Å²) < 4.78 is 6.18. The highest BCUT2D eigenvalue weighted by atomic mass is 16.5. The Morgan fingerprint density at radius 2 is 1.89 bits per heavy atom. The molecule has 4 atom stereocenters. The van der Waals surface area contributed by atoms with Crippen LogP contribution in [0.15, 0.2) is 66.2 Å². The second-order valence-electron chi connectivity index (χ2n) is 10.1. The van der Waals surface area contributed by atoms with Crippen LogP contribution in [-0.4, -0.2) is 69.9 Å². The van der Waals surface area contributed by atoms with Crippen LogP contribution in [0.25, 0.3) is 10.9 Å². The molecule has 0 radical (unpaired) electrons. The molecular weight excluding hydrogens is 470 g/mol. The molecule has 4 unspecified atom stereocenters. The number of H-pyrrole nitrogens is 1. The third-order valence-electron chi connectivity index (χ3n) is 7.65. The molecule has 37 heavy (non-hydrogen) atoms. The summed E-state index contributed by atoms with van der Waals surface area (Å²) in [5.41, 5.74) is 3.34. The minimum Gasteiger partial charge on any atom is -0.486 e. The zero-order valence-corrected chi connectivity index (χ0v) is 20.5. The van der Waals surface area contributed by atoms with E-state index in [4.69, 9.17) is 4.74 Å². The smallest absolute Gasteiger partial charge is 0.247 e. The molecule has 2 heterocycles. The summed E-state index contributed by atoms with van der Waals surface area (Å²) in [5.74, 6) is -0.186. The van der Waals surface area contributed by atoms with Crippen molar-refractivity contribution in [3.8, 4) is 5.75 Å². The highest BCUT2D eigenvalue weighted by molar-refractivity contribution is 5.96. The van der Waals surface area contributed by atoms with Crippen LogP contribution >= 0.6 is 0 Å². The monoisotopic (exact) mass is 501 g/mol. The lowest BCUT2D eigenvalue weighted by Gasteiger charge is -2.41. The van der Waals surface area contributed by atoms with Crippen molar-refractivity contribution < 1.29 is 24.5 Å². The summed E-state index contributed by atoms with van der Waals surface area (Å²) in [7, 11) is 0. The third kappa shape index (κ3) is 4.40. The number of carbonyl (C=O) groups is 2. The number of hydrogen-bond donors (Lipinski definition) is 4. The zero-order chi connectivity index (χ0) is 25.5. The van der Waals surface area contributed by atoms with Crippen molar-refractivity contribution in [1.82, 2.24) is 15.2 Å². The minimum atomic E-state index is -1.00. The van der Waals surface area contributed by atoms with Gasteiger partial charge in [0.1, 0.15) is 18.0 Å². The number of carbonyl (C=O) groups excluding carboxylic acids is 2. The molecule has 4 N–H and O–H groups in total. The number of fused-ring (bicyclic) bond motifs is 4. The van der Waals surface area contributed by atoms with Crippen LogP contribution in [0.4, 0.5) is 0 Å². The van der Waals surface area contributed by atoms with Gasteiger partial charge in [-0.3, -0.25) is 9.59 Å². The molecular formula is C29H31N3O5. The van der Waals surface area contributed by atoms with Gasteiger partial charge >= 0.3 is 0 Å². The van der Waals surface area contributed by atoms with Crippen LogP contribution in [0.1, 0.15) is 30.0 Å². The van der Waals surface area contributed by atoms with Crippen LogP contribution in [0.3, 0.4) is 0 Å². The number of aromatic nitrogens is 1. The highest BCUT2D eigenvalue weighted by Gasteiger charge is 2.51. The van der Waals surface area contributed by atoms with E-state index in [0.717, 1.165) is 35.0 Å². The first-order chi connectivity index (χ1) is 18.0. The van der Waals surface area contributed by atoms with Crippen molar-refractivity contribution >= 4 is 22.7 Å². The molecule has 3 aliphatic rings. The standard InChI is InChI=1S/C29H31N3O5/c33-14-12-30-28(35)21-16-23(26(34)27-25(21)20-6-2-4-8-24(20)37-27)32(29(36)17-9-10-17)13-11-19-15-18-5-1-3-7-22(18)31-19/h1-8,15-17,23,25-27,31,33-34H,9-14H2,(H,30,35). The van der Waals surface area contributed by atoms with Gasteiger partial charge in [0.05, 0.1) is 18.6 Å². The molecule has 1 fully saturated rings. The van der Waals surface area contributed by atoms with Gasteiger partial charge in [0.25, 0.3) is 0 Å². The van der Waals surface area contributed by atoms with Crippen LogP contribution in [0, 0.1) is 5.92 Å². The van der Waals surface area contributed by atoms with E-state index < -0.39 is 24.2 Å². The van der Waals surface area contributed by atoms with Gasteiger partial charge in [-0.2, -0.15) is 0 Å². The van der Waals surface area contributed by atoms with E-state index in [1.54, 1.807) is 11.0 Å². The van der Waals surface area contributed by atoms with Crippen molar-refractivity contribution in [3.05, 3.63) is 77.5 Å². The summed E-state index contributed by atoms with van der Waals surface area (Å²) in [6, 6.07) is 16.9. The Morgan fingerprint density at radius 1 is 1.11 bits per heavy atom. The van der Waals surface area contributed by atoms with Crippen LogP contribution in [-0.2, 0) is 16.0 Å². The topological polar surface area (TPSA) is 115 Å². The van der Waals surface area contributed by atoms with E-state index in [-0.39, 0.29) is 30.9 Å². The Bertz CT molecular complexity index is 1330. The van der Waals surface area contributed by atoms with Crippen molar-refractivity contribution in [2.24, 2.45) is 5.92 Å². The van der Waals surface area contributed by atoms with Gasteiger partial charge in [0.2, 0.25) is 11.8 Å². The lowest BCUT2D eigenvalue weighted by atomic mass is 9.77. The maximum absolute atomic E-state index is 13.5. The number of ether oxygens (including phenoxy) is 1. The van der Waals surface area contributed by atoms with E-state index in [1.807, 2.05) is 48.5 Å². The molecule has 2 aromatic carbocycles. The van der Waals surface area contributed by atoms with E-state index in [1.165, 1.54) is 0 Å². The Kier molecular flexibility index (Phi) is 6.22. The van der Waals surface area contributed by atoms with Crippen molar-refractivity contribution in [2.75, 3.05) is 19.7 Å². The quantitative estimate of drug-likeness (QED) is 0.378. The Labute approximate surface area is 214 Å². The fourth-order valence-electron chi connectivity index (χ4n) is 5.67. The molecule has 1 aliphatic heterocycles. The van der Waals surface area contributed by atoms with E-state index in [2.05, 4.69) is 16.4 Å². The first-order valence-corrected chi connectivity index (χ1v) is 13.0. The molecule has 192 valence electrons. The number of aromatic amines is 1. The summed E-state index contributed by atoms with van der Waals surface area (Å²) >= 11 is 0. The van der Waals surface area contributed by atoms with Crippen molar-refractivity contribution in [3.63, 3.8) is 0 Å². The van der Waals surface area contributed by atoms with Crippen molar-refractivity contribution in [1.29, 1.82) is 0 Å². The predicted molar refractivity (Wildman–Crippen MR) is 138 cm³/mol. The van der Waals surface area contributed by atoms with Crippen LogP contribution in [0.5, 0.6) is 5.75 Å². The average molecular weight is 502 g/mol. The Hall–Kier alpha value is -3.62. The molecule has 0 spiro atoms. The van der Waals surface area contributed by atoms with Gasteiger partial charge in [-0.1, -0.05) is 36.4 Å². The number of aliphatic hydroxyl groups excluding tert-OH is 2. The van der Waals surface area contributed by atoms with Gasteiger partial charge in [0.15, 0.2) is 0 Å². The number of para-hydroxylation sites is 2. The van der Waals surface area contributed by atoms with Gasteiger partial charge in [-0.15, -0.1) is 0 Å². The SMILES string of the molecule is O=C(NCCO)C1=CC(N(CCc2cc3ccccc3[nH]2)C(=O)C2CC2)C(O)C2Oc3ccccc3C12. The second-order valence-corrected chi connectivity index (χ2v) is 10.1. The van der Waals surface area contributed by atoms with Gasteiger partial charge in [-0.25, -0.2) is 0 Å². The molecule has 1 aromatic heterocycles. The average Bonchev–Trinajstić information content (AvgIpc) is 3.57. The normalized spacial score (nSPS) is 24.1. The summed E-state index contributed by atoms with van der Waals surface area (Å²) in [6.45, 7) is 0.341. The number of nitrogens with one attached hydrogen (secondary N) is 2. The first kappa shape index (κ1) is 23.8. The Balaban J connectivity index is 1.34. The molecule has 1 saturated carbocycles. The molecule has 8 nitrogen and oxygen atoms in total. The molecule has 2 aliphatic carbocycles. The lowest BCUT2D eigenvalue weighted by Crippen LogP contribution is -2.56. The third-order valence-corrected chi connectivity index (χ3v) is 7.65. The minimum absolute atomic E-state index is 0.000452. The maximum Gasteiger partial charge on any atom is 0.247 e. The zero-order valence-electron chi connectivity index (χ0n) is 20.5.